The first kappa shape index (κ1) is 13.8. The molecule has 0 saturated carbocycles. The third-order valence-corrected chi connectivity index (χ3v) is 2.58. The van der Waals surface area contributed by atoms with Crippen LogP contribution in [0.4, 0.5) is 0 Å². The second-order valence-corrected chi connectivity index (χ2v) is 3.84. The Balaban J connectivity index is 2.13. The minimum absolute atomic E-state index is 0.266. The van der Waals surface area contributed by atoms with Crippen LogP contribution in [0.25, 0.3) is 0 Å². The molecule has 6 heteroatoms. The van der Waals surface area contributed by atoms with Crippen LogP contribution in [0.1, 0.15) is 16.1 Å². The molecule has 0 amide bonds. The summed E-state index contributed by atoms with van der Waals surface area (Å²) in [4.78, 5) is 19.5. The van der Waals surface area contributed by atoms with Gasteiger partial charge in [-0.1, -0.05) is 0 Å². The predicted molar refractivity (Wildman–Crippen MR) is 70.7 cm³/mol. The molecule has 1 heterocycles. The quantitative estimate of drug-likeness (QED) is 0.775. The molecule has 0 unspecified atom stereocenters. The Kier molecular flexibility index (Phi) is 4.49. The van der Waals surface area contributed by atoms with Crippen LogP contribution >= 0.6 is 0 Å². The highest BCUT2D eigenvalue weighted by atomic mass is 16.5. The molecular formula is C14H14N2O4. The highest BCUT2D eigenvalue weighted by Gasteiger charge is 2.11. The molecule has 0 bridgehead atoms. The van der Waals surface area contributed by atoms with Gasteiger partial charge in [-0.2, -0.15) is 0 Å². The summed E-state index contributed by atoms with van der Waals surface area (Å²) in [7, 11) is 2.83. The van der Waals surface area contributed by atoms with E-state index >= 15 is 0 Å². The lowest BCUT2D eigenvalue weighted by Crippen LogP contribution is -2.04. The van der Waals surface area contributed by atoms with E-state index in [1.54, 1.807) is 36.8 Å². The summed E-state index contributed by atoms with van der Waals surface area (Å²) >= 11 is 0. The van der Waals surface area contributed by atoms with E-state index in [0.717, 1.165) is 0 Å². The van der Waals surface area contributed by atoms with Crippen molar-refractivity contribution < 1.29 is 19.0 Å². The van der Waals surface area contributed by atoms with E-state index in [1.165, 1.54) is 14.2 Å². The zero-order valence-electron chi connectivity index (χ0n) is 11.2. The van der Waals surface area contributed by atoms with Gasteiger partial charge in [0.2, 0.25) is 0 Å². The molecule has 0 fully saturated rings. The van der Waals surface area contributed by atoms with Gasteiger partial charge in [0.25, 0.3) is 0 Å². The molecule has 0 aliphatic rings. The van der Waals surface area contributed by atoms with E-state index in [9.17, 15) is 4.79 Å². The van der Waals surface area contributed by atoms with Crippen molar-refractivity contribution in [2.75, 3.05) is 14.2 Å². The summed E-state index contributed by atoms with van der Waals surface area (Å²) in [5.41, 5.74) is 1.10. The zero-order valence-corrected chi connectivity index (χ0v) is 11.2. The summed E-state index contributed by atoms with van der Waals surface area (Å²) in [5, 5.41) is 0. The molecule has 2 aromatic rings. The van der Waals surface area contributed by atoms with E-state index in [-0.39, 0.29) is 6.61 Å². The topological polar surface area (TPSA) is 70.5 Å². The second kappa shape index (κ2) is 6.51. The first-order valence-electron chi connectivity index (χ1n) is 5.88. The van der Waals surface area contributed by atoms with Crippen LogP contribution in [0.2, 0.25) is 0 Å². The molecule has 0 radical (unpaired) electrons. The van der Waals surface area contributed by atoms with Crippen LogP contribution in [0.3, 0.4) is 0 Å². The maximum absolute atomic E-state index is 11.4. The van der Waals surface area contributed by atoms with Crippen LogP contribution in [0.15, 0.2) is 36.8 Å². The molecule has 0 aliphatic heterocycles. The largest absolute Gasteiger partial charge is 0.493 e. The Morgan fingerprint density at radius 2 is 2.05 bits per heavy atom. The van der Waals surface area contributed by atoms with Gasteiger partial charge in [-0.05, 0) is 18.2 Å². The number of rotatable bonds is 5. The molecule has 1 aromatic carbocycles. The van der Waals surface area contributed by atoms with E-state index in [4.69, 9.17) is 9.47 Å². The maximum Gasteiger partial charge on any atom is 0.337 e. The van der Waals surface area contributed by atoms with Gasteiger partial charge in [0.1, 0.15) is 6.61 Å². The van der Waals surface area contributed by atoms with Crippen molar-refractivity contribution in [2.24, 2.45) is 0 Å². The van der Waals surface area contributed by atoms with Crippen molar-refractivity contribution in [3.63, 3.8) is 0 Å². The second-order valence-electron chi connectivity index (χ2n) is 3.84. The van der Waals surface area contributed by atoms with Gasteiger partial charge in [0.15, 0.2) is 11.5 Å². The molecule has 104 valence electrons. The number of benzene rings is 1. The number of carbonyl (C=O) groups excluding carboxylic acids is 1. The van der Waals surface area contributed by atoms with Crippen molar-refractivity contribution in [3.8, 4) is 11.5 Å². The van der Waals surface area contributed by atoms with Crippen LogP contribution in [-0.2, 0) is 11.3 Å². The molecule has 0 N–H and O–H groups in total. The number of ether oxygens (including phenoxy) is 3. The molecule has 0 atom stereocenters. The van der Waals surface area contributed by atoms with E-state index in [1.807, 2.05) is 0 Å². The highest BCUT2D eigenvalue weighted by molar-refractivity contribution is 5.90. The third kappa shape index (κ3) is 3.23. The van der Waals surface area contributed by atoms with Gasteiger partial charge in [0, 0.05) is 12.4 Å². The molecule has 0 saturated heterocycles. The fraction of sp³-hybridized carbons (Fsp3) is 0.214. The Hall–Kier alpha value is -2.63. The molecular weight excluding hydrogens is 260 g/mol. The molecule has 0 spiro atoms. The number of carbonyl (C=O) groups is 1. The van der Waals surface area contributed by atoms with Gasteiger partial charge >= 0.3 is 5.97 Å². The van der Waals surface area contributed by atoms with Gasteiger partial charge in [-0.25, -0.2) is 4.79 Å². The Morgan fingerprint density at radius 3 is 2.70 bits per heavy atom. The number of nitrogens with zero attached hydrogens (tertiary/aromatic N) is 2. The van der Waals surface area contributed by atoms with Crippen LogP contribution < -0.4 is 9.47 Å². The van der Waals surface area contributed by atoms with Gasteiger partial charge in [0.05, 0.1) is 31.7 Å². The Labute approximate surface area is 116 Å². The minimum atomic E-state index is -0.427. The van der Waals surface area contributed by atoms with Crippen LogP contribution in [-0.4, -0.2) is 30.2 Å². The molecule has 6 nitrogen and oxygen atoms in total. The monoisotopic (exact) mass is 274 g/mol. The third-order valence-electron chi connectivity index (χ3n) is 2.58. The van der Waals surface area contributed by atoms with Crippen molar-refractivity contribution >= 4 is 5.97 Å². The Morgan fingerprint density at radius 1 is 1.20 bits per heavy atom. The summed E-state index contributed by atoms with van der Waals surface area (Å²) in [6, 6.07) is 4.83. The fourth-order valence-electron chi connectivity index (χ4n) is 1.59. The summed E-state index contributed by atoms with van der Waals surface area (Å²) in [6.45, 7) is 0.266. The first-order chi connectivity index (χ1) is 9.74. The normalized spacial score (nSPS) is 9.90. The zero-order chi connectivity index (χ0) is 14.4. The van der Waals surface area contributed by atoms with Gasteiger partial charge in [-0.3, -0.25) is 9.97 Å². The van der Waals surface area contributed by atoms with Crippen molar-refractivity contribution in [1.82, 2.24) is 9.97 Å². The summed E-state index contributed by atoms with van der Waals surface area (Å²) < 4.78 is 15.5. The number of hydrogen-bond donors (Lipinski definition) is 0. The van der Waals surface area contributed by atoms with Gasteiger partial charge in [-0.15, -0.1) is 0 Å². The summed E-state index contributed by atoms with van der Waals surface area (Å²) in [6.07, 6.45) is 4.81. The SMILES string of the molecule is COC(=O)c1ccc(OCc2cnccn2)c(OC)c1. The molecule has 1 aromatic heterocycles. The maximum atomic E-state index is 11.4. The molecule has 2 rings (SSSR count). The molecule has 0 aliphatic carbocycles. The fourth-order valence-corrected chi connectivity index (χ4v) is 1.59. The first-order valence-corrected chi connectivity index (χ1v) is 5.88. The van der Waals surface area contributed by atoms with E-state index < -0.39 is 5.97 Å². The minimum Gasteiger partial charge on any atom is -0.493 e. The molecule has 20 heavy (non-hydrogen) atoms. The van der Waals surface area contributed by atoms with Crippen molar-refractivity contribution in [1.29, 1.82) is 0 Å². The van der Waals surface area contributed by atoms with Gasteiger partial charge < -0.3 is 14.2 Å². The number of esters is 1. The smallest absolute Gasteiger partial charge is 0.337 e. The van der Waals surface area contributed by atoms with E-state index in [0.29, 0.717) is 22.8 Å². The van der Waals surface area contributed by atoms with E-state index in [2.05, 4.69) is 14.7 Å². The standard InChI is InChI=1S/C14H14N2O4/c1-18-13-7-10(14(17)19-2)3-4-12(13)20-9-11-8-15-5-6-16-11/h3-8H,9H2,1-2H3. The van der Waals surface area contributed by atoms with Crippen LogP contribution in [0.5, 0.6) is 11.5 Å². The lowest BCUT2D eigenvalue weighted by atomic mass is 10.2. The van der Waals surface area contributed by atoms with Crippen LogP contribution in [0, 0.1) is 0 Å². The average molecular weight is 274 g/mol. The lowest BCUT2D eigenvalue weighted by molar-refractivity contribution is 0.0600. The predicted octanol–water partition coefficient (Wildman–Crippen LogP) is 1.85. The average Bonchev–Trinajstić information content (AvgIpc) is 2.53. The number of hydrogen-bond acceptors (Lipinski definition) is 6. The van der Waals surface area contributed by atoms with Crippen molar-refractivity contribution in [3.05, 3.63) is 48.0 Å². The van der Waals surface area contributed by atoms with Crippen molar-refractivity contribution in [2.45, 2.75) is 6.61 Å². The lowest BCUT2D eigenvalue weighted by Gasteiger charge is -2.11. The number of aromatic nitrogens is 2. The number of methoxy groups -OCH3 is 2. The summed E-state index contributed by atoms with van der Waals surface area (Å²) in [5.74, 6) is 0.548. The highest BCUT2D eigenvalue weighted by Crippen LogP contribution is 2.28. The Bertz CT molecular complexity index is 587.